The Kier molecular flexibility index (Phi) is 2.41. The van der Waals surface area contributed by atoms with Crippen LogP contribution in [0, 0.1) is 0 Å². The van der Waals surface area contributed by atoms with Crippen molar-refractivity contribution in [2.24, 2.45) is 0 Å². The van der Waals surface area contributed by atoms with Crippen molar-refractivity contribution < 1.29 is 10.4 Å². The van der Waals surface area contributed by atoms with Gasteiger partial charge in [0.2, 0.25) is 5.82 Å². The monoisotopic (exact) mass is 235 g/mol. The van der Waals surface area contributed by atoms with Gasteiger partial charge in [-0.3, -0.25) is 10.4 Å². The van der Waals surface area contributed by atoms with Gasteiger partial charge in [0.05, 0.1) is 6.33 Å². The van der Waals surface area contributed by atoms with Gasteiger partial charge in [0.1, 0.15) is 11.3 Å². The van der Waals surface area contributed by atoms with Crippen molar-refractivity contribution in [3.05, 3.63) is 12.2 Å². The fourth-order valence-electron chi connectivity index (χ4n) is 2.35. The summed E-state index contributed by atoms with van der Waals surface area (Å²) in [6, 6.07) is 0. The summed E-state index contributed by atoms with van der Waals surface area (Å²) in [5.74, 6) is 0.995. The molecule has 7 nitrogen and oxygen atoms in total. The number of aromatic amines is 1. The number of imidazole rings is 1. The molecule has 0 aliphatic heterocycles. The lowest BCUT2D eigenvalue weighted by molar-refractivity contribution is 0.0273. The van der Waals surface area contributed by atoms with Crippen LogP contribution in [0.15, 0.2) is 6.33 Å². The molecule has 1 fully saturated rings. The largest absolute Gasteiger partial charge is 0.340 e. The molecule has 0 amide bonds. The van der Waals surface area contributed by atoms with Crippen LogP contribution in [-0.4, -0.2) is 30.4 Å². The lowest BCUT2D eigenvalue weighted by atomic mass is 10.1. The average molecular weight is 235 g/mol. The number of nitrogens with one attached hydrogen (secondary N) is 1. The van der Waals surface area contributed by atoms with Crippen molar-refractivity contribution in [2.75, 3.05) is 5.23 Å². The summed E-state index contributed by atoms with van der Waals surface area (Å²) in [4.78, 5) is 15.4. The van der Waals surface area contributed by atoms with Crippen LogP contribution >= 0.6 is 0 Å². The van der Waals surface area contributed by atoms with Gasteiger partial charge in [0, 0.05) is 5.92 Å². The Labute approximate surface area is 97.1 Å². The van der Waals surface area contributed by atoms with Gasteiger partial charge in [-0.05, 0) is 12.8 Å². The number of nitrogens with zero attached hydrogens (tertiary/aromatic N) is 4. The highest BCUT2D eigenvalue weighted by Gasteiger charge is 2.23. The van der Waals surface area contributed by atoms with E-state index in [2.05, 4.69) is 19.9 Å². The van der Waals surface area contributed by atoms with E-state index >= 15 is 0 Å². The van der Waals surface area contributed by atoms with Crippen LogP contribution in [0.3, 0.4) is 0 Å². The molecule has 0 saturated heterocycles. The molecule has 2 heterocycles. The lowest BCUT2D eigenvalue weighted by Crippen LogP contribution is -2.15. The Morgan fingerprint density at radius 2 is 2.00 bits per heavy atom. The lowest BCUT2D eigenvalue weighted by Gasteiger charge is -2.12. The first kappa shape index (κ1) is 10.4. The van der Waals surface area contributed by atoms with Crippen LogP contribution in [0.1, 0.15) is 37.4 Å². The predicted molar refractivity (Wildman–Crippen MR) is 58.9 cm³/mol. The van der Waals surface area contributed by atoms with Crippen molar-refractivity contribution in [3.8, 4) is 0 Å². The quantitative estimate of drug-likeness (QED) is 0.684. The third-order valence-corrected chi connectivity index (χ3v) is 3.19. The first-order chi connectivity index (χ1) is 8.25. The molecule has 0 radical (unpaired) electrons. The molecule has 1 aliphatic rings. The van der Waals surface area contributed by atoms with Crippen LogP contribution in [0.5, 0.6) is 0 Å². The number of H-pyrrole nitrogens is 1. The van der Waals surface area contributed by atoms with Gasteiger partial charge in [-0.15, -0.1) is 5.23 Å². The molecule has 1 aliphatic carbocycles. The predicted octanol–water partition coefficient (Wildman–Crippen LogP) is 1.60. The molecule has 0 unspecified atom stereocenters. The van der Waals surface area contributed by atoms with Gasteiger partial charge in [0.15, 0.2) is 5.65 Å². The molecule has 0 spiro atoms. The highest BCUT2D eigenvalue weighted by atomic mass is 16.8. The van der Waals surface area contributed by atoms with E-state index in [-0.39, 0.29) is 11.0 Å². The van der Waals surface area contributed by atoms with Crippen molar-refractivity contribution in [1.82, 2.24) is 19.9 Å². The molecule has 1 saturated carbocycles. The molecular weight excluding hydrogens is 222 g/mol. The minimum absolute atomic E-state index is 0.0145. The molecule has 90 valence electrons. The maximum atomic E-state index is 9.16. The normalized spacial score (nSPS) is 16.8. The fourth-order valence-corrected chi connectivity index (χ4v) is 2.35. The van der Waals surface area contributed by atoms with E-state index in [9.17, 15) is 0 Å². The first-order valence-electron chi connectivity index (χ1n) is 5.64. The van der Waals surface area contributed by atoms with Gasteiger partial charge in [-0.25, -0.2) is 15.0 Å². The number of fused-ring (bicyclic) bond motifs is 1. The third kappa shape index (κ3) is 1.73. The summed E-state index contributed by atoms with van der Waals surface area (Å²) in [6.07, 6.45) is 5.90. The highest BCUT2D eigenvalue weighted by molar-refractivity contribution is 5.81. The highest BCUT2D eigenvalue weighted by Crippen LogP contribution is 2.33. The molecule has 3 rings (SSSR count). The van der Waals surface area contributed by atoms with Crippen LogP contribution in [-0.2, 0) is 0 Å². The Morgan fingerprint density at radius 1 is 1.24 bits per heavy atom. The Balaban J connectivity index is 2.12. The van der Waals surface area contributed by atoms with Crippen molar-refractivity contribution in [2.45, 2.75) is 31.6 Å². The zero-order valence-electron chi connectivity index (χ0n) is 9.17. The summed E-state index contributed by atoms with van der Waals surface area (Å²) >= 11 is 0. The second-order valence-corrected chi connectivity index (χ2v) is 4.28. The summed E-state index contributed by atoms with van der Waals surface area (Å²) in [6.45, 7) is 0. The minimum atomic E-state index is 0.0145. The number of rotatable bonds is 2. The van der Waals surface area contributed by atoms with Crippen LogP contribution < -0.4 is 5.23 Å². The van der Waals surface area contributed by atoms with E-state index in [0.717, 1.165) is 12.8 Å². The number of hydrogen-bond donors (Lipinski definition) is 3. The van der Waals surface area contributed by atoms with Crippen LogP contribution in [0.25, 0.3) is 11.2 Å². The Bertz CT molecular complexity index is 532. The third-order valence-electron chi connectivity index (χ3n) is 3.19. The molecule has 7 heteroatoms. The van der Waals surface area contributed by atoms with E-state index < -0.39 is 0 Å². The standard InChI is InChI=1S/C10H13N5O2/c16-15(17)10-7-9(12-5-11-7)13-8(14-10)6-3-1-2-4-6/h5-6,16-17H,1-4H2,(H,11,12,13,14). The molecule has 0 atom stereocenters. The summed E-state index contributed by atoms with van der Waals surface area (Å²) < 4.78 is 0. The molecule has 2 aromatic heterocycles. The van der Waals surface area contributed by atoms with Gasteiger partial charge in [0.25, 0.3) is 0 Å². The Hall–Kier alpha value is -1.73. The van der Waals surface area contributed by atoms with Gasteiger partial charge >= 0.3 is 0 Å². The summed E-state index contributed by atoms with van der Waals surface area (Å²) in [5.41, 5.74) is 0.891. The smallest absolute Gasteiger partial charge is 0.212 e. The van der Waals surface area contributed by atoms with E-state index in [4.69, 9.17) is 10.4 Å². The van der Waals surface area contributed by atoms with Gasteiger partial charge in [-0.1, -0.05) is 12.8 Å². The summed E-state index contributed by atoms with van der Waals surface area (Å²) in [7, 11) is 0. The zero-order valence-corrected chi connectivity index (χ0v) is 9.17. The molecular formula is C10H13N5O2. The number of aromatic nitrogens is 4. The molecule has 17 heavy (non-hydrogen) atoms. The SMILES string of the molecule is ON(O)c1nc(C2CCCC2)nc2nc[nH]c12. The summed E-state index contributed by atoms with van der Waals surface area (Å²) in [5, 5.41) is 18.3. The second-order valence-electron chi connectivity index (χ2n) is 4.28. The molecule has 2 aromatic rings. The molecule has 0 aromatic carbocycles. The van der Waals surface area contributed by atoms with Crippen LogP contribution in [0.2, 0.25) is 0 Å². The molecule has 0 bridgehead atoms. The number of hydrogen-bond acceptors (Lipinski definition) is 6. The average Bonchev–Trinajstić information content (AvgIpc) is 2.98. The zero-order chi connectivity index (χ0) is 11.8. The minimum Gasteiger partial charge on any atom is -0.340 e. The maximum absolute atomic E-state index is 9.16. The van der Waals surface area contributed by atoms with Gasteiger partial charge in [-0.2, -0.15) is 0 Å². The number of anilines is 1. The fraction of sp³-hybridized carbons (Fsp3) is 0.500. The van der Waals surface area contributed by atoms with E-state index in [1.807, 2.05) is 0 Å². The first-order valence-corrected chi connectivity index (χ1v) is 5.64. The van der Waals surface area contributed by atoms with E-state index in [1.54, 1.807) is 0 Å². The van der Waals surface area contributed by atoms with E-state index in [0.29, 0.717) is 22.9 Å². The van der Waals surface area contributed by atoms with E-state index in [1.165, 1.54) is 19.2 Å². The van der Waals surface area contributed by atoms with Crippen molar-refractivity contribution in [3.63, 3.8) is 0 Å². The van der Waals surface area contributed by atoms with Crippen molar-refractivity contribution in [1.29, 1.82) is 0 Å². The maximum Gasteiger partial charge on any atom is 0.212 e. The van der Waals surface area contributed by atoms with Gasteiger partial charge < -0.3 is 4.98 Å². The second kappa shape index (κ2) is 3.94. The molecule has 3 N–H and O–H groups in total. The Morgan fingerprint density at radius 3 is 2.71 bits per heavy atom. The topological polar surface area (TPSA) is 98.2 Å². The van der Waals surface area contributed by atoms with Crippen molar-refractivity contribution >= 4 is 17.0 Å². The van der Waals surface area contributed by atoms with Crippen LogP contribution in [0.4, 0.5) is 5.82 Å².